The molecule has 0 fully saturated rings. The minimum Gasteiger partial charge on any atom is -0.478 e. The van der Waals surface area contributed by atoms with Gasteiger partial charge in [0.2, 0.25) is 0 Å². The van der Waals surface area contributed by atoms with E-state index < -0.39 is 10.9 Å². The maximum Gasteiger partial charge on any atom is 0.339 e. The van der Waals surface area contributed by atoms with Crippen LogP contribution < -0.4 is 5.32 Å². The number of nitrogens with one attached hydrogen (secondary N) is 1. The Kier molecular flexibility index (Phi) is 5.68. The summed E-state index contributed by atoms with van der Waals surface area (Å²) in [6, 6.07) is 0.978. The third-order valence-corrected chi connectivity index (χ3v) is 2.44. The first kappa shape index (κ1) is 14.8. The van der Waals surface area contributed by atoms with Crippen molar-refractivity contribution >= 4 is 17.5 Å². The zero-order valence-corrected chi connectivity index (χ0v) is 10.2. The van der Waals surface area contributed by atoms with Gasteiger partial charge in [0.25, 0.3) is 5.69 Å². The van der Waals surface area contributed by atoms with Gasteiger partial charge < -0.3 is 15.5 Å². The number of aliphatic hydroxyl groups excluding tert-OH is 1. The molecule has 3 N–H and O–H groups in total. The average Bonchev–Trinajstić information content (AvgIpc) is 2.38. The topological polar surface area (TPSA) is 126 Å². The molecule has 0 spiro atoms. The number of pyridine rings is 1. The number of unbranched alkanes of at least 4 members (excludes halogenated alkanes) is 2. The van der Waals surface area contributed by atoms with Crippen LogP contribution in [-0.2, 0) is 0 Å². The molecule has 0 aliphatic heterocycles. The van der Waals surface area contributed by atoms with Crippen LogP contribution in [0, 0.1) is 10.1 Å². The minimum atomic E-state index is -1.27. The molecule has 0 bridgehead atoms. The molecule has 8 heteroatoms. The first-order valence-corrected chi connectivity index (χ1v) is 5.78. The summed E-state index contributed by atoms with van der Waals surface area (Å²) in [5.41, 5.74) is -0.584. The Bertz CT molecular complexity index is 464. The molecular formula is C11H15N3O5. The lowest BCUT2D eigenvalue weighted by Crippen LogP contribution is -2.10. The first-order valence-electron chi connectivity index (χ1n) is 5.78. The van der Waals surface area contributed by atoms with Crippen molar-refractivity contribution in [3.8, 4) is 0 Å². The molecule has 0 saturated carbocycles. The Morgan fingerprint density at radius 1 is 1.42 bits per heavy atom. The summed E-state index contributed by atoms with van der Waals surface area (Å²) in [6.45, 7) is 0.612. The van der Waals surface area contributed by atoms with E-state index in [1.54, 1.807) is 0 Å². The van der Waals surface area contributed by atoms with Gasteiger partial charge in [-0.2, -0.15) is 0 Å². The summed E-state index contributed by atoms with van der Waals surface area (Å²) in [5.74, 6) is -1.16. The number of aliphatic hydroxyl groups is 1. The summed E-state index contributed by atoms with van der Waals surface area (Å²) < 4.78 is 0. The molecule has 0 aliphatic rings. The number of hydrogen-bond acceptors (Lipinski definition) is 6. The number of carbonyl (C=O) groups is 1. The highest BCUT2D eigenvalue weighted by molar-refractivity contribution is 5.93. The molecule has 0 saturated heterocycles. The molecule has 0 atom stereocenters. The van der Waals surface area contributed by atoms with E-state index in [-0.39, 0.29) is 23.7 Å². The molecule has 1 aromatic heterocycles. The van der Waals surface area contributed by atoms with Crippen molar-refractivity contribution in [1.29, 1.82) is 0 Å². The predicted octanol–water partition coefficient (Wildman–Crippen LogP) is 1.26. The molecule has 104 valence electrons. The van der Waals surface area contributed by atoms with Crippen LogP contribution in [0.3, 0.4) is 0 Å². The van der Waals surface area contributed by atoms with Crippen LogP contribution in [0.2, 0.25) is 0 Å². The summed E-state index contributed by atoms with van der Waals surface area (Å²) in [6.07, 6.45) is 3.25. The Morgan fingerprint density at radius 3 is 2.74 bits per heavy atom. The number of aromatic carboxylic acids is 1. The number of carboxylic acid groups (broad SMARTS) is 1. The minimum absolute atomic E-state index is 0.113. The third kappa shape index (κ3) is 4.51. The van der Waals surface area contributed by atoms with Crippen molar-refractivity contribution in [3.63, 3.8) is 0 Å². The number of aromatic nitrogens is 1. The highest BCUT2D eigenvalue weighted by Crippen LogP contribution is 2.19. The molecule has 0 radical (unpaired) electrons. The van der Waals surface area contributed by atoms with E-state index in [4.69, 9.17) is 10.2 Å². The van der Waals surface area contributed by atoms with Crippen molar-refractivity contribution in [3.05, 3.63) is 27.9 Å². The van der Waals surface area contributed by atoms with Gasteiger partial charge in [0.1, 0.15) is 17.6 Å². The predicted molar refractivity (Wildman–Crippen MR) is 67.3 cm³/mol. The summed E-state index contributed by atoms with van der Waals surface area (Å²) in [4.78, 5) is 24.6. The molecule has 19 heavy (non-hydrogen) atoms. The van der Waals surface area contributed by atoms with E-state index in [9.17, 15) is 14.9 Å². The second-order valence-electron chi connectivity index (χ2n) is 3.86. The van der Waals surface area contributed by atoms with Gasteiger partial charge >= 0.3 is 5.97 Å². The molecule has 0 amide bonds. The van der Waals surface area contributed by atoms with Gasteiger partial charge in [0.05, 0.1) is 4.92 Å². The van der Waals surface area contributed by atoms with E-state index in [0.717, 1.165) is 25.1 Å². The van der Waals surface area contributed by atoms with E-state index >= 15 is 0 Å². The Balaban J connectivity index is 2.71. The van der Waals surface area contributed by atoms with Crippen molar-refractivity contribution in [2.45, 2.75) is 19.3 Å². The Labute approximate surface area is 109 Å². The van der Waals surface area contributed by atoms with E-state index in [1.807, 2.05) is 0 Å². The number of anilines is 1. The largest absolute Gasteiger partial charge is 0.478 e. The fourth-order valence-electron chi connectivity index (χ4n) is 1.48. The molecule has 0 aliphatic carbocycles. The summed E-state index contributed by atoms with van der Waals surface area (Å²) >= 11 is 0. The van der Waals surface area contributed by atoms with E-state index in [2.05, 4.69) is 10.3 Å². The lowest BCUT2D eigenvalue weighted by Gasteiger charge is -2.07. The number of rotatable bonds is 8. The van der Waals surface area contributed by atoms with Crippen LogP contribution in [0.5, 0.6) is 0 Å². The highest BCUT2D eigenvalue weighted by atomic mass is 16.6. The average molecular weight is 269 g/mol. The quantitative estimate of drug-likeness (QED) is 0.368. The maximum absolute atomic E-state index is 11.0. The smallest absolute Gasteiger partial charge is 0.339 e. The normalized spacial score (nSPS) is 10.2. The van der Waals surface area contributed by atoms with Gasteiger partial charge in [-0.15, -0.1) is 0 Å². The van der Waals surface area contributed by atoms with Crippen LogP contribution in [-0.4, -0.2) is 39.2 Å². The van der Waals surface area contributed by atoms with E-state index in [1.165, 1.54) is 0 Å². The fraction of sp³-hybridized carbons (Fsp3) is 0.455. The van der Waals surface area contributed by atoms with Crippen LogP contribution in [0.25, 0.3) is 0 Å². The van der Waals surface area contributed by atoms with Gasteiger partial charge in [0.15, 0.2) is 0 Å². The zero-order chi connectivity index (χ0) is 14.3. The standard InChI is InChI=1S/C11H15N3O5/c15-5-3-1-2-4-12-10-9(11(16)17)6-8(7-13-10)14(18)19/h6-7,15H,1-5H2,(H,12,13)(H,16,17). The lowest BCUT2D eigenvalue weighted by atomic mass is 10.2. The van der Waals surface area contributed by atoms with Crippen LogP contribution in [0.15, 0.2) is 12.3 Å². The van der Waals surface area contributed by atoms with Crippen molar-refractivity contribution in [2.75, 3.05) is 18.5 Å². The zero-order valence-electron chi connectivity index (χ0n) is 10.2. The first-order chi connectivity index (χ1) is 9.06. The monoisotopic (exact) mass is 269 g/mol. The molecule has 1 aromatic rings. The van der Waals surface area contributed by atoms with Gasteiger partial charge in [0, 0.05) is 19.2 Å². The van der Waals surface area contributed by atoms with Crippen LogP contribution in [0.4, 0.5) is 11.5 Å². The highest BCUT2D eigenvalue weighted by Gasteiger charge is 2.17. The van der Waals surface area contributed by atoms with Crippen molar-refractivity contribution in [2.24, 2.45) is 0 Å². The molecular weight excluding hydrogens is 254 g/mol. The van der Waals surface area contributed by atoms with Crippen molar-refractivity contribution < 1.29 is 19.9 Å². The SMILES string of the molecule is O=C(O)c1cc([N+](=O)[O-])cnc1NCCCCCO. The number of carboxylic acids is 1. The summed E-state index contributed by atoms with van der Waals surface area (Å²) in [5, 5.41) is 31.0. The summed E-state index contributed by atoms with van der Waals surface area (Å²) in [7, 11) is 0. The van der Waals surface area contributed by atoms with Gasteiger partial charge in [-0.3, -0.25) is 10.1 Å². The van der Waals surface area contributed by atoms with Crippen molar-refractivity contribution in [1.82, 2.24) is 4.98 Å². The third-order valence-electron chi connectivity index (χ3n) is 2.44. The van der Waals surface area contributed by atoms with E-state index in [0.29, 0.717) is 13.0 Å². The van der Waals surface area contributed by atoms with Gasteiger partial charge in [-0.1, -0.05) is 0 Å². The second-order valence-corrected chi connectivity index (χ2v) is 3.86. The maximum atomic E-state index is 11.0. The number of nitro groups is 1. The molecule has 0 aromatic carbocycles. The number of hydrogen-bond donors (Lipinski definition) is 3. The molecule has 0 unspecified atom stereocenters. The molecule has 1 heterocycles. The molecule has 1 rings (SSSR count). The Hall–Kier alpha value is -2.22. The van der Waals surface area contributed by atoms with Gasteiger partial charge in [-0.05, 0) is 19.3 Å². The molecule has 8 nitrogen and oxygen atoms in total. The number of nitrogens with zero attached hydrogens (tertiary/aromatic N) is 2. The van der Waals surface area contributed by atoms with Crippen LogP contribution >= 0.6 is 0 Å². The van der Waals surface area contributed by atoms with Crippen LogP contribution in [0.1, 0.15) is 29.6 Å². The Morgan fingerprint density at radius 2 is 2.16 bits per heavy atom. The lowest BCUT2D eigenvalue weighted by molar-refractivity contribution is -0.385. The fourth-order valence-corrected chi connectivity index (χ4v) is 1.48. The van der Waals surface area contributed by atoms with Gasteiger partial charge in [-0.25, -0.2) is 9.78 Å². The second kappa shape index (κ2) is 7.27.